The van der Waals surface area contributed by atoms with Gasteiger partial charge in [0.25, 0.3) is 5.91 Å². The highest BCUT2D eigenvalue weighted by molar-refractivity contribution is 8.13. The van der Waals surface area contributed by atoms with Crippen LogP contribution in [0.4, 0.5) is 16.2 Å². The van der Waals surface area contributed by atoms with Gasteiger partial charge < -0.3 is 20.4 Å². The first kappa shape index (κ1) is 25.8. The fourth-order valence-corrected chi connectivity index (χ4v) is 5.77. The van der Waals surface area contributed by atoms with Gasteiger partial charge in [-0.05, 0) is 62.9 Å². The first-order valence-electron chi connectivity index (χ1n) is 12.7. The summed E-state index contributed by atoms with van der Waals surface area (Å²) in [5.74, 6) is 1.07. The summed E-state index contributed by atoms with van der Waals surface area (Å²) in [6, 6.07) is 15.1. The van der Waals surface area contributed by atoms with E-state index in [1.165, 1.54) is 0 Å². The largest absolute Gasteiger partial charge is 0.340 e. The van der Waals surface area contributed by atoms with Crippen LogP contribution in [0.25, 0.3) is 0 Å². The summed E-state index contributed by atoms with van der Waals surface area (Å²) in [5.41, 5.74) is 5.13. The average Bonchev–Trinajstić information content (AvgIpc) is 2.89. The zero-order valence-corrected chi connectivity index (χ0v) is 22.3. The summed E-state index contributed by atoms with van der Waals surface area (Å²) in [6.07, 6.45) is 1.89. The number of anilines is 2. The standard InChI is InChI=1S/C28H35N5O2S/c1-5-20-11-8-9-12-23(20)31-27(35)30-22-15-13-21(14-16-22)25-24(26(34)32(6-2)7-3)19(4)29-28-33(25)17-10-18-36-28/h8-9,11-16,25H,5-7,10,17-18H2,1-4H3,(H2,30,31,35). The Morgan fingerprint density at radius 3 is 2.47 bits per heavy atom. The first-order valence-corrected chi connectivity index (χ1v) is 13.7. The van der Waals surface area contributed by atoms with Crippen LogP contribution in [0.5, 0.6) is 0 Å². The number of amidine groups is 1. The van der Waals surface area contributed by atoms with Gasteiger partial charge in [0.15, 0.2) is 5.17 Å². The number of amides is 3. The molecule has 7 nitrogen and oxygen atoms in total. The lowest BCUT2D eigenvalue weighted by atomic mass is 9.93. The molecular weight excluding hydrogens is 470 g/mol. The third-order valence-corrected chi connectivity index (χ3v) is 7.75. The van der Waals surface area contributed by atoms with Gasteiger partial charge in [0.2, 0.25) is 0 Å². The van der Waals surface area contributed by atoms with Gasteiger partial charge in [-0.2, -0.15) is 0 Å². The molecule has 0 bridgehead atoms. The van der Waals surface area contributed by atoms with E-state index in [1.54, 1.807) is 11.8 Å². The van der Waals surface area contributed by atoms with Crippen LogP contribution in [0, 0.1) is 0 Å². The van der Waals surface area contributed by atoms with E-state index in [-0.39, 0.29) is 18.0 Å². The predicted molar refractivity (Wildman–Crippen MR) is 149 cm³/mol. The molecule has 2 aliphatic heterocycles. The fourth-order valence-electron chi connectivity index (χ4n) is 4.75. The summed E-state index contributed by atoms with van der Waals surface area (Å²) in [6.45, 7) is 10.2. The Balaban J connectivity index is 1.58. The molecule has 1 saturated heterocycles. The number of thioether (sulfide) groups is 1. The summed E-state index contributed by atoms with van der Waals surface area (Å²) >= 11 is 1.75. The molecule has 1 atom stereocenters. The summed E-state index contributed by atoms with van der Waals surface area (Å²) < 4.78 is 0. The Bertz CT molecular complexity index is 1170. The van der Waals surface area contributed by atoms with Crippen molar-refractivity contribution in [3.8, 4) is 0 Å². The van der Waals surface area contributed by atoms with Crippen LogP contribution in [0.2, 0.25) is 0 Å². The van der Waals surface area contributed by atoms with Crippen molar-refractivity contribution < 1.29 is 9.59 Å². The number of nitrogens with one attached hydrogen (secondary N) is 2. The fraction of sp³-hybridized carbons (Fsp3) is 0.393. The number of likely N-dealkylation sites (N-methyl/N-ethyl adjacent to an activating group) is 1. The normalized spacial score (nSPS) is 17.3. The van der Waals surface area contributed by atoms with Crippen molar-refractivity contribution in [2.45, 2.75) is 46.6 Å². The highest BCUT2D eigenvalue weighted by Gasteiger charge is 2.38. The molecule has 0 saturated carbocycles. The number of aliphatic imine (C=N–C) groups is 1. The van der Waals surface area contributed by atoms with Crippen molar-refractivity contribution in [1.82, 2.24) is 9.80 Å². The third kappa shape index (κ3) is 5.43. The smallest absolute Gasteiger partial charge is 0.323 e. The van der Waals surface area contributed by atoms with Gasteiger partial charge in [0.05, 0.1) is 17.3 Å². The second kappa shape index (κ2) is 11.6. The highest BCUT2D eigenvalue weighted by atomic mass is 32.2. The zero-order chi connectivity index (χ0) is 25.7. The molecule has 36 heavy (non-hydrogen) atoms. The number of urea groups is 1. The van der Waals surface area contributed by atoms with E-state index < -0.39 is 0 Å². The number of allylic oxidation sites excluding steroid dienone is 1. The van der Waals surface area contributed by atoms with E-state index in [2.05, 4.69) is 22.5 Å². The van der Waals surface area contributed by atoms with E-state index in [0.29, 0.717) is 18.8 Å². The zero-order valence-electron chi connectivity index (χ0n) is 21.5. The lowest BCUT2D eigenvalue weighted by molar-refractivity contribution is -0.127. The summed E-state index contributed by atoms with van der Waals surface area (Å²) in [4.78, 5) is 35.1. The van der Waals surface area contributed by atoms with Crippen LogP contribution in [0.15, 0.2) is 64.8 Å². The average molecular weight is 506 g/mol. The number of para-hydroxylation sites is 1. The Hall–Kier alpha value is -3.26. The van der Waals surface area contributed by atoms with E-state index in [1.807, 2.05) is 74.2 Å². The maximum Gasteiger partial charge on any atom is 0.323 e. The van der Waals surface area contributed by atoms with Crippen molar-refractivity contribution in [3.05, 3.63) is 70.9 Å². The van der Waals surface area contributed by atoms with E-state index in [4.69, 9.17) is 4.99 Å². The lowest BCUT2D eigenvalue weighted by Gasteiger charge is -2.41. The monoisotopic (exact) mass is 505 g/mol. The van der Waals surface area contributed by atoms with Crippen molar-refractivity contribution in [3.63, 3.8) is 0 Å². The number of nitrogens with zero attached hydrogens (tertiary/aromatic N) is 3. The molecule has 2 heterocycles. The maximum absolute atomic E-state index is 13.6. The van der Waals surface area contributed by atoms with Gasteiger partial charge in [-0.15, -0.1) is 0 Å². The summed E-state index contributed by atoms with van der Waals surface area (Å²) in [5, 5.41) is 6.86. The lowest BCUT2D eigenvalue weighted by Crippen LogP contribution is -2.45. The number of fused-ring (bicyclic) bond motifs is 1. The number of benzene rings is 2. The van der Waals surface area contributed by atoms with Crippen LogP contribution in [-0.2, 0) is 11.2 Å². The minimum absolute atomic E-state index is 0.0389. The number of hydrogen-bond donors (Lipinski definition) is 2. The van der Waals surface area contributed by atoms with Crippen molar-refractivity contribution in [2.24, 2.45) is 4.99 Å². The predicted octanol–water partition coefficient (Wildman–Crippen LogP) is 5.89. The molecule has 8 heteroatoms. The minimum Gasteiger partial charge on any atom is -0.340 e. The molecule has 0 aromatic heterocycles. The van der Waals surface area contributed by atoms with Gasteiger partial charge in [0.1, 0.15) is 0 Å². The van der Waals surface area contributed by atoms with Crippen molar-refractivity contribution >= 4 is 40.2 Å². The Morgan fingerprint density at radius 1 is 1.06 bits per heavy atom. The highest BCUT2D eigenvalue weighted by Crippen LogP contribution is 2.40. The molecule has 0 spiro atoms. The number of aryl methyl sites for hydroxylation is 1. The van der Waals surface area contributed by atoms with Gasteiger partial charge in [-0.3, -0.25) is 4.79 Å². The first-order chi connectivity index (χ1) is 17.5. The number of carbonyl (C=O) groups is 2. The number of carbonyl (C=O) groups excluding carboxylic acids is 2. The minimum atomic E-state index is -0.281. The van der Waals surface area contributed by atoms with Gasteiger partial charge in [-0.1, -0.05) is 49.0 Å². The molecule has 2 N–H and O–H groups in total. The topological polar surface area (TPSA) is 77.0 Å². The second-order valence-electron chi connectivity index (χ2n) is 8.88. The molecule has 0 radical (unpaired) electrons. The maximum atomic E-state index is 13.6. The Kier molecular flexibility index (Phi) is 8.36. The van der Waals surface area contributed by atoms with E-state index >= 15 is 0 Å². The summed E-state index contributed by atoms with van der Waals surface area (Å²) in [7, 11) is 0. The molecule has 0 aliphatic carbocycles. The molecule has 2 aliphatic rings. The molecular formula is C28H35N5O2S. The Morgan fingerprint density at radius 2 is 1.78 bits per heavy atom. The second-order valence-corrected chi connectivity index (χ2v) is 9.94. The van der Waals surface area contributed by atoms with Crippen LogP contribution in [0.1, 0.15) is 51.3 Å². The van der Waals surface area contributed by atoms with Gasteiger partial charge in [0, 0.05) is 36.8 Å². The molecule has 3 amide bonds. The van der Waals surface area contributed by atoms with Crippen LogP contribution in [-0.4, -0.2) is 52.3 Å². The van der Waals surface area contributed by atoms with Crippen molar-refractivity contribution in [2.75, 3.05) is 36.0 Å². The number of rotatable bonds is 7. The van der Waals surface area contributed by atoms with Crippen LogP contribution in [0.3, 0.4) is 0 Å². The molecule has 1 unspecified atom stereocenters. The van der Waals surface area contributed by atoms with Crippen molar-refractivity contribution in [1.29, 1.82) is 0 Å². The SMILES string of the molecule is CCc1ccccc1NC(=O)Nc1ccc(C2C(C(=O)N(CC)CC)=C(C)N=C3SCCCN32)cc1. The van der Waals surface area contributed by atoms with Gasteiger partial charge in [-0.25, -0.2) is 9.79 Å². The quantitative estimate of drug-likeness (QED) is 0.492. The Labute approximate surface area is 218 Å². The molecule has 4 rings (SSSR count). The van der Waals surface area contributed by atoms with E-state index in [9.17, 15) is 9.59 Å². The van der Waals surface area contributed by atoms with E-state index in [0.717, 1.165) is 58.4 Å². The molecule has 2 aromatic rings. The van der Waals surface area contributed by atoms with Gasteiger partial charge >= 0.3 is 6.03 Å². The third-order valence-electron chi connectivity index (χ3n) is 6.67. The van der Waals surface area contributed by atoms with Crippen LogP contribution >= 0.6 is 11.8 Å². The number of hydrogen-bond acceptors (Lipinski definition) is 5. The van der Waals surface area contributed by atoms with Crippen LogP contribution < -0.4 is 10.6 Å². The molecule has 2 aromatic carbocycles. The molecule has 190 valence electrons. The molecule has 1 fully saturated rings.